The molecule has 0 bridgehead atoms. The first-order valence-electron chi connectivity index (χ1n) is 12.2. The van der Waals surface area contributed by atoms with Gasteiger partial charge in [0.1, 0.15) is 11.5 Å². The molecule has 0 aliphatic carbocycles. The van der Waals surface area contributed by atoms with E-state index in [2.05, 4.69) is 34.9 Å². The molecule has 0 spiro atoms. The summed E-state index contributed by atoms with van der Waals surface area (Å²) in [5, 5.41) is 12.6. The molecule has 0 radical (unpaired) electrons. The fourth-order valence-electron chi connectivity index (χ4n) is 3.90. The lowest BCUT2D eigenvalue weighted by Crippen LogP contribution is -2.42. The fraction of sp³-hybridized carbons (Fsp3) is 0.538. The van der Waals surface area contributed by atoms with E-state index in [0.29, 0.717) is 35.7 Å². The minimum absolute atomic E-state index is 0.0564. The summed E-state index contributed by atoms with van der Waals surface area (Å²) in [4.78, 5) is 37.1. The summed E-state index contributed by atoms with van der Waals surface area (Å²) in [7, 11) is 4.67. The van der Waals surface area contributed by atoms with Crippen LogP contribution in [0.5, 0.6) is 11.5 Å². The van der Waals surface area contributed by atoms with Crippen molar-refractivity contribution >= 4 is 17.7 Å². The van der Waals surface area contributed by atoms with Gasteiger partial charge in [0.15, 0.2) is 5.69 Å². The van der Waals surface area contributed by atoms with Crippen molar-refractivity contribution in [1.29, 1.82) is 0 Å². The molecule has 10 heteroatoms. The molecule has 2 aromatic rings. The van der Waals surface area contributed by atoms with Crippen LogP contribution in [0, 0.1) is 11.8 Å². The van der Waals surface area contributed by atoms with Gasteiger partial charge in [-0.3, -0.25) is 19.1 Å². The van der Waals surface area contributed by atoms with Gasteiger partial charge >= 0.3 is 0 Å². The van der Waals surface area contributed by atoms with Crippen molar-refractivity contribution in [3.63, 3.8) is 0 Å². The molecule has 0 aliphatic rings. The average molecular weight is 502 g/mol. The van der Waals surface area contributed by atoms with Gasteiger partial charge in [-0.2, -0.15) is 5.10 Å². The predicted molar refractivity (Wildman–Crippen MR) is 138 cm³/mol. The van der Waals surface area contributed by atoms with Crippen LogP contribution in [0.4, 0.5) is 0 Å². The zero-order valence-electron chi connectivity index (χ0n) is 22.3. The van der Waals surface area contributed by atoms with Crippen LogP contribution in [0.2, 0.25) is 0 Å². The van der Waals surface area contributed by atoms with Crippen LogP contribution in [0.3, 0.4) is 0 Å². The molecule has 2 rings (SSSR count). The van der Waals surface area contributed by atoms with Crippen molar-refractivity contribution in [3.05, 3.63) is 30.0 Å². The highest BCUT2D eigenvalue weighted by molar-refractivity contribution is 5.94. The van der Waals surface area contributed by atoms with Gasteiger partial charge in [-0.1, -0.05) is 33.8 Å². The average Bonchev–Trinajstić information content (AvgIpc) is 3.24. The van der Waals surface area contributed by atoms with E-state index in [1.807, 2.05) is 32.0 Å². The third-order valence-corrected chi connectivity index (χ3v) is 5.48. The molecular weight excluding hydrogens is 462 g/mol. The number of amides is 3. The SMILES string of the molecule is CNC(=O)CNC(=O)C[C@H](CC(C)C)NC(=O)c1cc(-c2c(OC)cccc2OC)n(CC(C)C)n1. The lowest BCUT2D eigenvalue weighted by Gasteiger charge is -2.19. The number of carbonyl (C=O) groups excluding carboxylic acids is 3. The Labute approximate surface area is 213 Å². The Morgan fingerprint density at radius 3 is 2.17 bits per heavy atom. The summed E-state index contributed by atoms with van der Waals surface area (Å²) in [6.45, 7) is 8.65. The van der Waals surface area contributed by atoms with Crippen LogP contribution in [0.1, 0.15) is 51.0 Å². The Kier molecular flexibility index (Phi) is 10.8. The highest BCUT2D eigenvalue weighted by Crippen LogP contribution is 2.38. The second-order valence-electron chi connectivity index (χ2n) is 9.48. The van der Waals surface area contributed by atoms with Gasteiger partial charge in [-0.05, 0) is 36.5 Å². The molecule has 1 heterocycles. The molecule has 0 saturated heterocycles. The molecule has 0 fully saturated rings. The number of benzene rings is 1. The van der Waals surface area contributed by atoms with E-state index in [-0.39, 0.29) is 48.2 Å². The minimum Gasteiger partial charge on any atom is -0.496 e. The Morgan fingerprint density at radius 2 is 1.64 bits per heavy atom. The molecule has 1 aromatic carbocycles. The predicted octanol–water partition coefficient (Wildman–Crippen LogP) is 2.62. The minimum atomic E-state index is -0.415. The van der Waals surface area contributed by atoms with E-state index in [1.165, 1.54) is 7.05 Å². The smallest absolute Gasteiger partial charge is 0.272 e. The Balaban J connectivity index is 2.34. The van der Waals surface area contributed by atoms with Gasteiger partial charge in [0, 0.05) is 26.1 Å². The van der Waals surface area contributed by atoms with Crippen molar-refractivity contribution in [2.45, 2.75) is 53.1 Å². The Hall–Kier alpha value is -3.56. The van der Waals surface area contributed by atoms with Gasteiger partial charge in [0.2, 0.25) is 11.8 Å². The highest BCUT2D eigenvalue weighted by Gasteiger charge is 2.24. The van der Waals surface area contributed by atoms with Gasteiger partial charge in [0.05, 0.1) is 32.0 Å². The maximum absolute atomic E-state index is 13.3. The van der Waals surface area contributed by atoms with Gasteiger partial charge in [-0.25, -0.2) is 0 Å². The van der Waals surface area contributed by atoms with E-state index in [1.54, 1.807) is 25.0 Å². The maximum Gasteiger partial charge on any atom is 0.272 e. The quantitative estimate of drug-likeness (QED) is 0.388. The largest absolute Gasteiger partial charge is 0.496 e. The summed E-state index contributed by atoms with van der Waals surface area (Å²) in [6.07, 6.45) is 0.653. The molecule has 3 amide bonds. The van der Waals surface area contributed by atoms with Crippen LogP contribution >= 0.6 is 0 Å². The molecule has 0 unspecified atom stereocenters. The van der Waals surface area contributed by atoms with Crippen LogP contribution in [-0.4, -0.2) is 61.4 Å². The second kappa shape index (κ2) is 13.5. The topological polar surface area (TPSA) is 124 Å². The first kappa shape index (κ1) is 28.7. The van der Waals surface area contributed by atoms with E-state index in [4.69, 9.17) is 9.47 Å². The molecule has 1 aromatic heterocycles. The highest BCUT2D eigenvalue weighted by atomic mass is 16.5. The zero-order valence-corrected chi connectivity index (χ0v) is 22.3. The van der Waals surface area contributed by atoms with Crippen molar-refractivity contribution in [1.82, 2.24) is 25.7 Å². The normalized spacial score (nSPS) is 11.8. The summed E-state index contributed by atoms with van der Waals surface area (Å²) in [5.41, 5.74) is 1.65. The summed E-state index contributed by atoms with van der Waals surface area (Å²) in [6, 6.07) is 6.81. The zero-order chi connectivity index (χ0) is 26.8. The number of carbonyl (C=O) groups is 3. The molecule has 10 nitrogen and oxygen atoms in total. The first-order valence-corrected chi connectivity index (χ1v) is 12.2. The summed E-state index contributed by atoms with van der Waals surface area (Å²) >= 11 is 0. The van der Waals surface area contributed by atoms with Crippen molar-refractivity contribution < 1.29 is 23.9 Å². The Bertz CT molecular complexity index is 1030. The third-order valence-electron chi connectivity index (χ3n) is 5.48. The number of aromatic nitrogens is 2. The lowest BCUT2D eigenvalue weighted by atomic mass is 10.0. The molecular formula is C26H39N5O5. The third kappa shape index (κ3) is 8.00. The van der Waals surface area contributed by atoms with E-state index >= 15 is 0 Å². The molecule has 36 heavy (non-hydrogen) atoms. The molecule has 0 aliphatic heterocycles. The molecule has 198 valence electrons. The van der Waals surface area contributed by atoms with Crippen LogP contribution in [-0.2, 0) is 16.1 Å². The van der Waals surface area contributed by atoms with Crippen LogP contribution < -0.4 is 25.4 Å². The number of methoxy groups -OCH3 is 2. The molecule has 3 N–H and O–H groups in total. The van der Waals surface area contributed by atoms with Gasteiger partial charge < -0.3 is 25.4 Å². The number of nitrogens with one attached hydrogen (secondary N) is 3. The summed E-state index contributed by atoms with van der Waals surface area (Å²) < 4.78 is 12.9. The van der Waals surface area contributed by atoms with Crippen LogP contribution in [0.15, 0.2) is 24.3 Å². The second-order valence-corrected chi connectivity index (χ2v) is 9.48. The van der Waals surface area contributed by atoms with Crippen molar-refractivity contribution in [2.24, 2.45) is 11.8 Å². The number of hydrogen-bond acceptors (Lipinski definition) is 6. The maximum atomic E-state index is 13.3. The number of hydrogen-bond donors (Lipinski definition) is 3. The standard InChI is InChI=1S/C26H39N5O5/c1-16(2)11-18(12-23(32)28-14-24(33)27-5)29-26(34)19-13-20(31(30-19)15-17(3)4)25-21(35-6)9-8-10-22(25)36-7/h8-10,13,16-18H,11-12,14-15H2,1-7H3,(H,27,33)(H,28,32)(H,29,34)/t18-/m0/s1. The monoisotopic (exact) mass is 501 g/mol. The molecule has 1 atom stereocenters. The van der Waals surface area contributed by atoms with Gasteiger partial charge in [-0.15, -0.1) is 0 Å². The van der Waals surface area contributed by atoms with Crippen molar-refractivity contribution in [2.75, 3.05) is 27.8 Å². The number of nitrogens with zero attached hydrogens (tertiary/aromatic N) is 2. The van der Waals surface area contributed by atoms with Crippen molar-refractivity contribution in [3.8, 4) is 22.8 Å². The van der Waals surface area contributed by atoms with Crippen LogP contribution in [0.25, 0.3) is 11.3 Å². The Morgan fingerprint density at radius 1 is 1.00 bits per heavy atom. The number of ether oxygens (including phenoxy) is 2. The molecule has 0 saturated carbocycles. The first-order chi connectivity index (χ1) is 17.1. The van der Waals surface area contributed by atoms with Gasteiger partial charge in [0.25, 0.3) is 5.91 Å². The fourth-order valence-corrected chi connectivity index (χ4v) is 3.90. The number of rotatable bonds is 13. The van der Waals surface area contributed by atoms with E-state index < -0.39 is 6.04 Å². The van der Waals surface area contributed by atoms with E-state index in [0.717, 1.165) is 0 Å². The van der Waals surface area contributed by atoms with E-state index in [9.17, 15) is 14.4 Å². The number of likely N-dealkylation sites (N-methyl/N-ethyl adjacent to an activating group) is 1. The summed E-state index contributed by atoms with van der Waals surface area (Å²) in [5.74, 6) is 0.759. The lowest BCUT2D eigenvalue weighted by molar-refractivity contribution is -0.126.